The van der Waals surface area contributed by atoms with Gasteiger partial charge in [-0.15, -0.1) is 0 Å². The van der Waals surface area contributed by atoms with Gasteiger partial charge in [-0.2, -0.15) is 0 Å². The maximum atomic E-state index is 12.2. The molecule has 2 aromatic rings. The molecule has 0 saturated heterocycles. The van der Waals surface area contributed by atoms with Crippen molar-refractivity contribution >= 4 is 33.3 Å². The van der Waals surface area contributed by atoms with Crippen LogP contribution in [0.1, 0.15) is 21.5 Å². The molecule has 0 atom stereocenters. The SMILES string of the molecule is CNc1ccc(C(=O)Nc2c(C)cc(C)cc2Br)cn1. The van der Waals surface area contributed by atoms with Crippen LogP contribution >= 0.6 is 15.9 Å². The van der Waals surface area contributed by atoms with Crippen molar-refractivity contribution in [3.63, 3.8) is 0 Å². The fourth-order valence-corrected chi connectivity index (χ4v) is 2.71. The molecule has 5 heteroatoms. The predicted octanol–water partition coefficient (Wildman–Crippen LogP) is 3.75. The van der Waals surface area contributed by atoms with Gasteiger partial charge in [-0.1, -0.05) is 6.07 Å². The second-order valence-electron chi connectivity index (χ2n) is 4.57. The van der Waals surface area contributed by atoms with Gasteiger partial charge < -0.3 is 10.6 Å². The topological polar surface area (TPSA) is 54.0 Å². The Balaban J connectivity index is 2.23. The lowest BCUT2D eigenvalue weighted by atomic mass is 10.1. The lowest BCUT2D eigenvalue weighted by Crippen LogP contribution is -2.13. The number of rotatable bonds is 3. The van der Waals surface area contributed by atoms with Crippen LogP contribution in [-0.2, 0) is 0 Å². The summed E-state index contributed by atoms with van der Waals surface area (Å²) in [5.74, 6) is 0.557. The third-order valence-electron chi connectivity index (χ3n) is 2.95. The number of hydrogen-bond acceptors (Lipinski definition) is 3. The van der Waals surface area contributed by atoms with Gasteiger partial charge in [0.2, 0.25) is 0 Å². The monoisotopic (exact) mass is 333 g/mol. The molecule has 0 aliphatic carbocycles. The van der Waals surface area contributed by atoms with Crippen LogP contribution in [0.5, 0.6) is 0 Å². The Bertz CT molecular complexity index is 615. The van der Waals surface area contributed by atoms with Gasteiger partial charge >= 0.3 is 0 Å². The van der Waals surface area contributed by atoms with Gasteiger partial charge in [0.25, 0.3) is 5.91 Å². The highest BCUT2D eigenvalue weighted by atomic mass is 79.9. The number of halogens is 1. The molecule has 1 amide bonds. The molecule has 1 heterocycles. The lowest BCUT2D eigenvalue weighted by molar-refractivity contribution is 0.102. The van der Waals surface area contributed by atoms with Gasteiger partial charge in [-0.3, -0.25) is 4.79 Å². The van der Waals surface area contributed by atoms with E-state index in [1.807, 2.05) is 26.0 Å². The van der Waals surface area contributed by atoms with Gasteiger partial charge in [-0.05, 0) is 59.1 Å². The fraction of sp³-hybridized carbons (Fsp3) is 0.200. The van der Waals surface area contributed by atoms with E-state index in [2.05, 4.69) is 31.5 Å². The van der Waals surface area contributed by atoms with E-state index in [0.717, 1.165) is 27.1 Å². The number of amides is 1. The maximum Gasteiger partial charge on any atom is 0.257 e. The van der Waals surface area contributed by atoms with E-state index in [9.17, 15) is 4.79 Å². The zero-order chi connectivity index (χ0) is 14.7. The molecule has 0 unspecified atom stereocenters. The molecule has 20 heavy (non-hydrogen) atoms. The summed E-state index contributed by atoms with van der Waals surface area (Å²) in [6.45, 7) is 3.99. The molecule has 2 N–H and O–H groups in total. The standard InChI is InChI=1S/C15H16BrN3O/c1-9-6-10(2)14(12(16)7-9)19-15(20)11-4-5-13(17-3)18-8-11/h4-8H,1-3H3,(H,17,18)(H,19,20). The number of aromatic nitrogens is 1. The third kappa shape index (κ3) is 3.17. The number of hydrogen-bond donors (Lipinski definition) is 2. The normalized spacial score (nSPS) is 10.2. The number of anilines is 2. The summed E-state index contributed by atoms with van der Waals surface area (Å²) in [5, 5.41) is 5.83. The van der Waals surface area contributed by atoms with Crippen molar-refractivity contribution in [2.75, 3.05) is 17.7 Å². The number of nitrogens with one attached hydrogen (secondary N) is 2. The molecule has 0 spiro atoms. The molecule has 1 aromatic carbocycles. The Hall–Kier alpha value is -1.88. The van der Waals surface area contributed by atoms with Crippen molar-refractivity contribution in [1.29, 1.82) is 0 Å². The van der Waals surface area contributed by atoms with Crippen LogP contribution in [0.3, 0.4) is 0 Å². The summed E-state index contributed by atoms with van der Waals surface area (Å²) < 4.78 is 0.878. The largest absolute Gasteiger partial charge is 0.373 e. The minimum Gasteiger partial charge on any atom is -0.373 e. The third-order valence-corrected chi connectivity index (χ3v) is 3.58. The summed E-state index contributed by atoms with van der Waals surface area (Å²) in [6, 6.07) is 7.52. The molecule has 2 rings (SSSR count). The second kappa shape index (κ2) is 6.05. The van der Waals surface area contributed by atoms with Crippen LogP contribution in [-0.4, -0.2) is 17.9 Å². The first kappa shape index (κ1) is 14.5. The quantitative estimate of drug-likeness (QED) is 0.899. The van der Waals surface area contributed by atoms with Gasteiger partial charge in [0, 0.05) is 17.7 Å². The van der Waals surface area contributed by atoms with E-state index in [4.69, 9.17) is 0 Å². The first-order valence-electron chi connectivity index (χ1n) is 6.23. The molecule has 0 aliphatic heterocycles. The summed E-state index contributed by atoms with van der Waals surface area (Å²) >= 11 is 3.48. The molecule has 0 saturated carbocycles. The number of carbonyl (C=O) groups excluding carboxylic acids is 1. The molecule has 1 aromatic heterocycles. The summed E-state index contributed by atoms with van der Waals surface area (Å²) in [6.07, 6.45) is 1.55. The molecule has 0 fully saturated rings. The Morgan fingerprint density at radius 1 is 1.25 bits per heavy atom. The van der Waals surface area contributed by atoms with Gasteiger partial charge in [0.1, 0.15) is 5.82 Å². The van der Waals surface area contributed by atoms with Crippen LogP contribution < -0.4 is 10.6 Å². The molecular formula is C15H16BrN3O. The Kier molecular flexibility index (Phi) is 4.39. The zero-order valence-corrected chi connectivity index (χ0v) is 13.2. The minimum absolute atomic E-state index is 0.173. The molecule has 104 valence electrons. The zero-order valence-electron chi connectivity index (χ0n) is 11.6. The first-order valence-corrected chi connectivity index (χ1v) is 7.02. The number of pyridine rings is 1. The highest BCUT2D eigenvalue weighted by molar-refractivity contribution is 9.10. The van der Waals surface area contributed by atoms with Crippen LogP contribution in [0.15, 0.2) is 34.9 Å². The average molecular weight is 334 g/mol. The van der Waals surface area contributed by atoms with E-state index in [0.29, 0.717) is 5.56 Å². The number of aryl methyl sites for hydroxylation is 2. The van der Waals surface area contributed by atoms with Crippen LogP contribution in [0.2, 0.25) is 0 Å². The average Bonchev–Trinajstić information content (AvgIpc) is 2.42. The molecule has 0 aliphatic rings. The summed E-state index contributed by atoms with van der Waals surface area (Å²) in [4.78, 5) is 16.3. The Morgan fingerprint density at radius 3 is 2.55 bits per heavy atom. The van der Waals surface area contributed by atoms with Crippen molar-refractivity contribution in [3.8, 4) is 0 Å². The number of nitrogens with zero attached hydrogens (tertiary/aromatic N) is 1. The van der Waals surface area contributed by atoms with Crippen LogP contribution in [0.25, 0.3) is 0 Å². The van der Waals surface area contributed by atoms with E-state index in [1.165, 1.54) is 0 Å². The van der Waals surface area contributed by atoms with E-state index >= 15 is 0 Å². The Labute approximate surface area is 126 Å². The predicted molar refractivity (Wildman–Crippen MR) is 85.4 cm³/mol. The molecule has 4 nitrogen and oxygen atoms in total. The van der Waals surface area contributed by atoms with Crippen LogP contribution in [0.4, 0.5) is 11.5 Å². The maximum absolute atomic E-state index is 12.2. The fourth-order valence-electron chi connectivity index (χ4n) is 1.94. The van der Waals surface area contributed by atoms with E-state index in [1.54, 1.807) is 25.4 Å². The van der Waals surface area contributed by atoms with Crippen molar-refractivity contribution in [3.05, 3.63) is 51.6 Å². The van der Waals surface area contributed by atoms with Crippen molar-refractivity contribution in [2.24, 2.45) is 0 Å². The second-order valence-corrected chi connectivity index (χ2v) is 5.43. The van der Waals surface area contributed by atoms with Gasteiger partial charge in [0.05, 0.1) is 11.3 Å². The van der Waals surface area contributed by atoms with Crippen molar-refractivity contribution < 1.29 is 4.79 Å². The van der Waals surface area contributed by atoms with Gasteiger partial charge in [-0.25, -0.2) is 4.98 Å². The Morgan fingerprint density at radius 2 is 2.00 bits per heavy atom. The summed E-state index contributed by atoms with van der Waals surface area (Å²) in [7, 11) is 1.79. The van der Waals surface area contributed by atoms with Gasteiger partial charge in [0.15, 0.2) is 0 Å². The highest BCUT2D eigenvalue weighted by Crippen LogP contribution is 2.28. The van der Waals surface area contributed by atoms with Crippen molar-refractivity contribution in [2.45, 2.75) is 13.8 Å². The van der Waals surface area contributed by atoms with Crippen molar-refractivity contribution in [1.82, 2.24) is 4.98 Å². The minimum atomic E-state index is -0.173. The van der Waals surface area contributed by atoms with Crippen LogP contribution in [0, 0.1) is 13.8 Å². The highest BCUT2D eigenvalue weighted by Gasteiger charge is 2.11. The lowest BCUT2D eigenvalue weighted by Gasteiger charge is -2.12. The molecule has 0 radical (unpaired) electrons. The summed E-state index contributed by atoms with van der Waals surface area (Å²) in [5.41, 5.74) is 3.48. The smallest absolute Gasteiger partial charge is 0.257 e. The van der Waals surface area contributed by atoms with E-state index in [-0.39, 0.29) is 5.91 Å². The number of benzene rings is 1. The molecule has 0 bridgehead atoms. The van der Waals surface area contributed by atoms with E-state index < -0.39 is 0 Å². The molecular weight excluding hydrogens is 318 g/mol. The number of carbonyl (C=O) groups is 1. The first-order chi connectivity index (χ1) is 9.51.